The van der Waals surface area contributed by atoms with Crippen LogP contribution in [-0.4, -0.2) is 27.5 Å². The van der Waals surface area contributed by atoms with Gasteiger partial charge in [0.25, 0.3) is 10.1 Å². The summed E-state index contributed by atoms with van der Waals surface area (Å²) in [5.41, 5.74) is 0. The standard InChI is InChI=1S/C11H21F3O3S/c1-17-18(15,16)10-8-6-4-2-3-5-7-9-11(12,13)14/h2-10H2,1H3. The highest BCUT2D eigenvalue weighted by Crippen LogP contribution is 2.23. The third kappa shape index (κ3) is 12.2. The number of hydrogen-bond donors (Lipinski definition) is 0. The molecule has 7 heteroatoms. The zero-order valence-electron chi connectivity index (χ0n) is 10.6. The minimum absolute atomic E-state index is 0.0115. The molecule has 0 saturated heterocycles. The summed E-state index contributed by atoms with van der Waals surface area (Å²) in [5, 5.41) is 0. The van der Waals surface area contributed by atoms with E-state index in [0.29, 0.717) is 12.8 Å². The molecule has 0 aliphatic carbocycles. The van der Waals surface area contributed by atoms with E-state index in [1.807, 2.05) is 0 Å². The topological polar surface area (TPSA) is 43.4 Å². The summed E-state index contributed by atoms with van der Waals surface area (Å²) in [6.07, 6.45) is -0.213. The van der Waals surface area contributed by atoms with E-state index in [9.17, 15) is 21.6 Å². The number of halogens is 3. The molecule has 0 radical (unpaired) electrons. The molecule has 0 bridgehead atoms. The van der Waals surface area contributed by atoms with Crippen LogP contribution in [0.2, 0.25) is 0 Å². The lowest BCUT2D eigenvalue weighted by Gasteiger charge is -2.05. The average molecular weight is 290 g/mol. The molecule has 0 N–H and O–H groups in total. The number of alkyl halides is 3. The Labute approximate surface area is 107 Å². The van der Waals surface area contributed by atoms with Gasteiger partial charge in [0.05, 0.1) is 12.9 Å². The maximum absolute atomic E-state index is 11.8. The van der Waals surface area contributed by atoms with Crippen molar-refractivity contribution in [3.05, 3.63) is 0 Å². The first-order chi connectivity index (χ1) is 8.27. The van der Waals surface area contributed by atoms with Gasteiger partial charge < -0.3 is 0 Å². The van der Waals surface area contributed by atoms with E-state index in [1.54, 1.807) is 0 Å². The summed E-state index contributed by atoms with van der Waals surface area (Å²) in [6, 6.07) is 0. The molecule has 0 atom stereocenters. The lowest BCUT2D eigenvalue weighted by Crippen LogP contribution is -2.07. The van der Waals surface area contributed by atoms with Crippen molar-refractivity contribution < 1.29 is 25.8 Å². The van der Waals surface area contributed by atoms with Gasteiger partial charge >= 0.3 is 6.18 Å². The van der Waals surface area contributed by atoms with Gasteiger partial charge in [0.15, 0.2) is 0 Å². The van der Waals surface area contributed by atoms with Crippen molar-refractivity contribution in [2.24, 2.45) is 0 Å². The maximum Gasteiger partial charge on any atom is 0.389 e. The van der Waals surface area contributed by atoms with Crippen molar-refractivity contribution in [1.29, 1.82) is 0 Å². The maximum atomic E-state index is 11.8. The Hall–Kier alpha value is -0.300. The highest BCUT2D eigenvalue weighted by molar-refractivity contribution is 7.86. The van der Waals surface area contributed by atoms with Crippen LogP contribution in [0.3, 0.4) is 0 Å². The zero-order valence-corrected chi connectivity index (χ0v) is 11.4. The van der Waals surface area contributed by atoms with Crippen LogP contribution in [0.15, 0.2) is 0 Å². The van der Waals surface area contributed by atoms with Crippen LogP contribution < -0.4 is 0 Å². The van der Waals surface area contributed by atoms with Gasteiger partial charge in [-0.05, 0) is 12.8 Å². The van der Waals surface area contributed by atoms with Crippen molar-refractivity contribution in [1.82, 2.24) is 0 Å². The van der Waals surface area contributed by atoms with Gasteiger partial charge in [0.1, 0.15) is 0 Å². The van der Waals surface area contributed by atoms with E-state index < -0.39 is 22.7 Å². The quantitative estimate of drug-likeness (QED) is 0.455. The first kappa shape index (κ1) is 17.7. The predicted octanol–water partition coefficient (Wildman–Crippen LogP) is 3.65. The summed E-state index contributed by atoms with van der Waals surface area (Å²) >= 11 is 0. The van der Waals surface area contributed by atoms with Crippen molar-refractivity contribution >= 4 is 10.1 Å². The van der Waals surface area contributed by atoms with Crippen molar-refractivity contribution in [3.8, 4) is 0 Å². The van der Waals surface area contributed by atoms with Gasteiger partial charge in [0, 0.05) is 6.42 Å². The molecule has 0 aliphatic rings. The second-order valence-electron chi connectivity index (χ2n) is 4.27. The molecule has 0 aromatic carbocycles. The zero-order chi connectivity index (χ0) is 14.1. The molecule has 110 valence electrons. The van der Waals surface area contributed by atoms with Gasteiger partial charge in [-0.25, -0.2) is 0 Å². The number of unbranched alkanes of at least 4 members (excludes halogenated alkanes) is 6. The molecule has 18 heavy (non-hydrogen) atoms. The summed E-state index contributed by atoms with van der Waals surface area (Å²) in [4.78, 5) is 0. The molecule has 0 amide bonds. The molecule has 0 heterocycles. The fourth-order valence-corrected chi connectivity index (χ4v) is 2.30. The first-order valence-electron chi connectivity index (χ1n) is 6.12. The molecule has 0 fully saturated rings. The number of rotatable bonds is 10. The fourth-order valence-electron chi connectivity index (χ4n) is 1.57. The second kappa shape index (κ2) is 8.74. The fraction of sp³-hybridized carbons (Fsp3) is 1.00. The minimum atomic E-state index is -4.05. The molecule has 0 unspecified atom stereocenters. The molecule has 0 saturated carbocycles. The smallest absolute Gasteiger partial charge is 0.273 e. The van der Waals surface area contributed by atoms with E-state index in [1.165, 1.54) is 0 Å². The molecule has 0 aromatic rings. The Kier molecular flexibility index (Phi) is 8.60. The molecular formula is C11H21F3O3S. The molecule has 0 aliphatic heterocycles. The highest BCUT2D eigenvalue weighted by atomic mass is 32.2. The summed E-state index contributed by atoms with van der Waals surface area (Å²) < 4.78 is 61.6. The SMILES string of the molecule is COS(=O)(=O)CCCCCCCCCC(F)(F)F. The van der Waals surface area contributed by atoms with Crippen LogP contribution >= 0.6 is 0 Å². The second-order valence-corrected chi connectivity index (χ2v) is 6.13. The van der Waals surface area contributed by atoms with E-state index in [0.717, 1.165) is 32.8 Å². The summed E-state index contributed by atoms with van der Waals surface area (Å²) in [7, 11) is -2.23. The largest absolute Gasteiger partial charge is 0.389 e. The Morgan fingerprint density at radius 3 is 1.78 bits per heavy atom. The van der Waals surface area contributed by atoms with Gasteiger partial charge in [-0.3, -0.25) is 4.18 Å². The molecule has 0 rings (SSSR count). The lowest BCUT2D eigenvalue weighted by atomic mass is 10.1. The Morgan fingerprint density at radius 1 is 0.889 bits per heavy atom. The third-order valence-electron chi connectivity index (χ3n) is 2.61. The van der Waals surface area contributed by atoms with Gasteiger partial charge in [-0.1, -0.05) is 32.1 Å². The van der Waals surface area contributed by atoms with Crippen LogP contribution in [0, 0.1) is 0 Å². The molecule has 3 nitrogen and oxygen atoms in total. The normalized spacial score (nSPS) is 12.9. The predicted molar refractivity (Wildman–Crippen MR) is 63.8 cm³/mol. The van der Waals surface area contributed by atoms with Gasteiger partial charge in [-0.15, -0.1) is 0 Å². The van der Waals surface area contributed by atoms with Gasteiger partial charge in [0.2, 0.25) is 0 Å². The molecular weight excluding hydrogens is 269 g/mol. The van der Waals surface area contributed by atoms with Crippen LogP contribution in [0.4, 0.5) is 13.2 Å². The monoisotopic (exact) mass is 290 g/mol. The Bertz CT molecular complexity index is 299. The van der Waals surface area contributed by atoms with Crippen LogP contribution in [-0.2, 0) is 14.3 Å². The highest BCUT2D eigenvalue weighted by Gasteiger charge is 2.25. The van der Waals surface area contributed by atoms with E-state index in [-0.39, 0.29) is 12.2 Å². The molecule has 0 spiro atoms. The van der Waals surface area contributed by atoms with Crippen LogP contribution in [0.1, 0.15) is 51.4 Å². The Morgan fingerprint density at radius 2 is 1.33 bits per heavy atom. The van der Waals surface area contributed by atoms with Crippen molar-refractivity contribution in [2.75, 3.05) is 12.9 Å². The summed E-state index contributed by atoms with van der Waals surface area (Å²) in [6.45, 7) is 0. The van der Waals surface area contributed by atoms with E-state index in [4.69, 9.17) is 0 Å². The number of hydrogen-bond acceptors (Lipinski definition) is 3. The van der Waals surface area contributed by atoms with E-state index in [2.05, 4.69) is 4.18 Å². The summed E-state index contributed by atoms with van der Waals surface area (Å²) in [5.74, 6) is 0.0115. The van der Waals surface area contributed by atoms with Crippen LogP contribution in [0.25, 0.3) is 0 Å². The van der Waals surface area contributed by atoms with E-state index >= 15 is 0 Å². The lowest BCUT2D eigenvalue weighted by molar-refractivity contribution is -0.135. The van der Waals surface area contributed by atoms with Crippen molar-refractivity contribution in [2.45, 2.75) is 57.5 Å². The Balaban J connectivity index is 3.27. The van der Waals surface area contributed by atoms with Gasteiger partial charge in [-0.2, -0.15) is 21.6 Å². The first-order valence-corrected chi connectivity index (χ1v) is 7.69. The third-order valence-corrected chi connectivity index (χ3v) is 3.91. The van der Waals surface area contributed by atoms with Crippen LogP contribution in [0.5, 0.6) is 0 Å². The molecule has 0 aromatic heterocycles. The van der Waals surface area contributed by atoms with Crippen molar-refractivity contribution in [3.63, 3.8) is 0 Å². The average Bonchev–Trinajstić information content (AvgIpc) is 2.25. The minimum Gasteiger partial charge on any atom is -0.273 e.